The lowest BCUT2D eigenvalue weighted by molar-refractivity contribution is -0.116. The zero-order valence-electron chi connectivity index (χ0n) is 28.6. The first kappa shape index (κ1) is 33.6. The molecule has 6 aromatic rings. The van der Waals surface area contributed by atoms with Crippen LogP contribution in [0.5, 0.6) is 5.88 Å². The van der Waals surface area contributed by atoms with Crippen molar-refractivity contribution >= 4 is 44.2 Å². The van der Waals surface area contributed by atoms with Crippen LogP contribution in [0.2, 0.25) is 0 Å². The number of anilines is 1. The van der Waals surface area contributed by atoms with E-state index in [-0.39, 0.29) is 41.7 Å². The number of aryl methyl sites for hydroxylation is 3. The maximum atomic E-state index is 14.0. The molecule has 0 aliphatic carbocycles. The van der Waals surface area contributed by atoms with Gasteiger partial charge in [0.15, 0.2) is 0 Å². The zero-order chi connectivity index (χ0) is 35.0. The Morgan fingerprint density at radius 1 is 1.06 bits per heavy atom. The number of nitrogens with one attached hydrogen (secondary N) is 1. The SMILES string of the molecule is CCC1CN(Cc2cc(C(CC(=O)Nc3cncc4ccccc34)c3ccc4c(nnn4CC)c3C)ccc2C)S(O)(O)c2cccnc2O1. The van der Waals surface area contributed by atoms with Gasteiger partial charge in [-0.3, -0.25) is 18.9 Å². The molecule has 1 aliphatic heterocycles. The molecule has 3 aromatic carbocycles. The highest BCUT2D eigenvalue weighted by Gasteiger charge is 2.36. The van der Waals surface area contributed by atoms with Crippen molar-refractivity contribution < 1.29 is 18.6 Å². The molecule has 3 N–H and O–H groups in total. The Kier molecular flexibility index (Phi) is 9.27. The smallest absolute Gasteiger partial charge is 0.239 e. The number of hydrogen-bond acceptors (Lipinski definition) is 9. The molecular weight excluding hydrogens is 651 g/mol. The van der Waals surface area contributed by atoms with E-state index in [0.29, 0.717) is 25.2 Å². The van der Waals surface area contributed by atoms with Gasteiger partial charge >= 0.3 is 0 Å². The van der Waals surface area contributed by atoms with Crippen molar-refractivity contribution in [1.29, 1.82) is 0 Å². The van der Waals surface area contributed by atoms with E-state index in [1.165, 1.54) is 0 Å². The second kappa shape index (κ2) is 13.8. The van der Waals surface area contributed by atoms with Gasteiger partial charge in [0, 0.05) is 48.6 Å². The minimum atomic E-state index is -3.41. The minimum absolute atomic E-state index is 0.152. The van der Waals surface area contributed by atoms with Gasteiger partial charge in [-0.2, -0.15) is 4.31 Å². The quantitative estimate of drug-likeness (QED) is 0.138. The Bertz CT molecular complexity index is 2200. The second-order valence-electron chi connectivity index (χ2n) is 12.7. The van der Waals surface area contributed by atoms with Gasteiger partial charge in [-0.15, -0.1) is 15.9 Å². The normalized spacial score (nSPS) is 17.1. The van der Waals surface area contributed by atoms with E-state index in [0.717, 1.165) is 49.6 Å². The number of rotatable bonds is 9. The summed E-state index contributed by atoms with van der Waals surface area (Å²) in [6.07, 6.45) is 5.62. The van der Waals surface area contributed by atoms with E-state index < -0.39 is 10.8 Å². The molecule has 2 atom stereocenters. The molecule has 0 spiro atoms. The summed E-state index contributed by atoms with van der Waals surface area (Å²) < 4.78 is 33.0. The van der Waals surface area contributed by atoms with Crippen molar-refractivity contribution in [3.8, 4) is 5.88 Å². The van der Waals surface area contributed by atoms with Crippen LogP contribution in [0.3, 0.4) is 0 Å². The monoisotopic (exact) mass is 691 g/mol. The van der Waals surface area contributed by atoms with Crippen LogP contribution >= 0.6 is 10.8 Å². The van der Waals surface area contributed by atoms with Crippen LogP contribution in [-0.2, 0) is 17.9 Å². The van der Waals surface area contributed by atoms with Crippen LogP contribution in [0.15, 0.2) is 90.2 Å². The van der Waals surface area contributed by atoms with Crippen LogP contribution in [0.25, 0.3) is 21.8 Å². The molecule has 7 rings (SSSR count). The van der Waals surface area contributed by atoms with Crippen molar-refractivity contribution in [2.75, 3.05) is 11.9 Å². The van der Waals surface area contributed by atoms with Crippen LogP contribution in [0.1, 0.15) is 60.4 Å². The van der Waals surface area contributed by atoms with Crippen molar-refractivity contribution in [2.24, 2.45) is 0 Å². The van der Waals surface area contributed by atoms with E-state index in [4.69, 9.17) is 4.74 Å². The van der Waals surface area contributed by atoms with Gasteiger partial charge in [0.05, 0.1) is 23.9 Å². The number of nitrogens with zero attached hydrogens (tertiary/aromatic N) is 6. The number of aromatic nitrogens is 5. The molecular formula is C38H41N7O4S. The van der Waals surface area contributed by atoms with Gasteiger partial charge in [0.25, 0.3) is 0 Å². The van der Waals surface area contributed by atoms with Gasteiger partial charge in [0.2, 0.25) is 11.8 Å². The summed E-state index contributed by atoms with van der Waals surface area (Å²) in [5.41, 5.74) is 7.18. The highest BCUT2D eigenvalue weighted by molar-refractivity contribution is 8.22. The zero-order valence-corrected chi connectivity index (χ0v) is 29.4. The van der Waals surface area contributed by atoms with Crippen molar-refractivity contribution in [3.63, 3.8) is 0 Å². The van der Waals surface area contributed by atoms with Gasteiger partial charge in [0.1, 0.15) is 16.5 Å². The number of ether oxygens (including phenoxy) is 1. The van der Waals surface area contributed by atoms with Crippen molar-refractivity contribution in [3.05, 3.63) is 113 Å². The third-order valence-corrected chi connectivity index (χ3v) is 11.5. The third-order valence-electron chi connectivity index (χ3n) is 9.64. The molecule has 258 valence electrons. The lowest BCUT2D eigenvalue weighted by atomic mass is 9.84. The van der Waals surface area contributed by atoms with Crippen molar-refractivity contribution in [1.82, 2.24) is 29.3 Å². The Hall–Kier alpha value is -4.88. The highest BCUT2D eigenvalue weighted by atomic mass is 32.3. The van der Waals surface area contributed by atoms with Crippen molar-refractivity contribution in [2.45, 2.75) is 70.5 Å². The molecule has 1 aliphatic rings. The standard InChI is InChI=1S/C38H41N7O4S/c1-5-29-23-44(50(47,48)35-12-9-17-40-38(35)49-29)22-28-18-26(14-13-24(28)3)32(30-15-16-34-37(25(30)4)42-43-45(34)6-2)19-36(46)41-33-21-39-20-27-10-7-8-11-31(27)33/h7-18,20-21,29,32,47-48H,5-6,19,22-23H2,1-4H3,(H,41,46). The van der Waals surface area contributed by atoms with Crippen LogP contribution < -0.4 is 10.1 Å². The Morgan fingerprint density at radius 2 is 1.90 bits per heavy atom. The molecule has 0 saturated heterocycles. The predicted octanol–water partition coefficient (Wildman–Crippen LogP) is 7.87. The lowest BCUT2D eigenvalue weighted by Crippen LogP contribution is -2.34. The van der Waals surface area contributed by atoms with Gasteiger partial charge in [-0.1, -0.05) is 60.7 Å². The first-order chi connectivity index (χ1) is 24.2. The number of pyridine rings is 2. The summed E-state index contributed by atoms with van der Waals surface area (Å²) in [6.45, 7) is 9.36. The average molecular weight is 692 g/mol. The number of benzene rings is 3. The third kappa shape index (κ3) is 6.31. The minimum Gasteiger partial charge on any atom is -0.472 e. The molecule has 0 fully saturated rings. The van der Waals surface area contributed by atoms with Crippen LogP contribution in [0.4, 0.5) is 5.69 Å². The van der Waals surface area contributed by atoms with E-state index in [2.05, 4.69) is 43.8 Å². The van der Waals surface area contributed by atoms with E-state index in [1.807, 2.05) is 68.8 Å². The molecule has 12 heteroatoms. The van der Waals surface area contributed by atoms with Crippen LogP contribution in [0, 0.1) is 13.8 Å². The fourth-order valence-corrected chi connectivity index (χ4v) is 8.35. The molecule has 2 unspecified atom stereocenters. The molecule has 0 radical (unpaired) electrons. The summed E-state index contributed by atoms with van der Waals surface area (Å²) in [7, 11) is -3.41. The summed E-state index contributed by atoms with van der Waals surface area (Å²) in [5, 5.41) is 13.8. The molecule has 4 heterocycles. The number of amides is 1. The number of carbonyl (C=O) groups excluding carboxylic acids is 1. The topological polar surface area (TPSA) is 139 Å². The summed E-state index contributed by atoms with van der Waals surface area (Å²) >= 11 is 0. The summed E-state index contributed by atoms with van der Waals surface area (Å²) in [5.74, 6) is -0.235. The van der Waals surface area contributed by atoms with E-state index in [1.54, 1.807) is 35.0 Å². The second-order valence-corrected chi connectivity index (χ2v) is 14.7. The van der Waals surface area contributed by atoms with E-state index >= 15 is 0 Å². The first-order valence-corrected chi connectivity index (χ1v) is 18.4. The Labute approximate surface area is 292 Å². The van der Waals surface area contributed by atoms with Gasteiger partial charge < -0.3 is 10.1 Å². The predicted molar refractivity (Wildman–Crippen MR) is 196 cm³/mol. The summed E-state index contributed by atoms with van der Waals surface area (Å²) in [4.78, 5) is 22.9. The fourth-order valence-electron chi connectivity index (χ4n) is 6.78. The highest BCUT2D eigenvalue weighted by Crippen LogP contribution is 2.57. The Balaban J connectivity index is 1.27. The molecule has 1 amide bonds. The number of carbonyl (C=O) groups is 1. The first-order valence-electron chi connectivity index (χ1n) is 16.9. The summed E-state index contributed by atoms with van der Waals surface area (Å²) in [6, 6.07) is 21.5. The number of fused-ring (bicyclic) bond motifs is 3. The molecule has 50 heavy (non-hydrogen) atoms. The fraction of sp³-hybridized carbons (Fsp3) is 0.289. The van der Waals surface area contributed by atoms with Gasteiger partial charge in [-0.25, -0.2) is 9.67 Å². The molecule has 0 bridgehead atoms. The van der Waals surface area contributed by atoms with E-state index in [9.17, 15) is 13.9 Å². The number of hydrogen-bond donors (Lipinski definition) is 3. The lowest BCUT2D eigenvalue weighted by Gasteiger charge is -2.41. The molecule has 0 saturated carbocycles. The van der Waals surface area contributed by atoms with Gasteiger partial charge in [-0.05, 0) is 73.2 Å². The average Bonchev–Trinajstić information content (AvgIpc) is 3.51. The molecule has 11 nitrogen and oxygen atoms in total. The molecule has 3 aromatic heterocycles. The Morgan fingerprint density at radius 3 is 2.72 bits per heavy atom. The maximum absolute atomic E-state index is 14.0. The largest absolute Gasteiger partial charge is 0.472 e. The maximum Gasteiger partial charge on any atom is 0.239 e. The van der Waals surface area contributed by atoms with Crippen LogP contribution in [-0.4, -0.2) is 56.9 Å².